The number of nitrogens with zero attached hydrogens (tertiary/aromatic N) is 1. The van der Waals surface area contributed by atoms with Gasteiger partial charge in [0.25, 0.3) is 0 Å². The molecule has 0 unspecified atom stereocenters. The summed E-state index contributed by atoms with van der Waals surface area (Å²) in [7, 11) is 0. The second-order valence-corrected chi connectivity index (χ2v) is 8.60. The summed E-state index contributed by atoms with van der Waals surface area (Å²) < 4.78 is 0. The summed E-state index contributed by atoms with van der Waals surface area (Å²) in [6.07, 6.45) is 7.31. The molecule has 1 heterocycles. The van der Waals surface area contributed by atoms with Crippen molar-refractivity contribution in [2.45, 2.75) is 45.4 Å². The average molecular weight is 337 g/mol. The minimum Gasteiger partial charge on any atom is -0.480 e. The Morgan fingerprint density at radius 1 is 1.20 bits per heavy atom. The van der Waals surface area contributed by atoms with Crippen molar-refractivity contribution in [3.8, 4) is 11.8 Å². The van der Waals surface area contributed by atoms with Gasteiger partial charge in [0.1, 0.15) is 0 Å². The minimum absolute atomic E-state index is 0.175. The summed E-state index contributed by atoms with van der Waals surface area (Å²) in [5.74, 6) is 7.65. The van der Waals surface area contributed by atoms with Crippen LogP contribution in [0.1, 0.15) is 49.3 Å². The van der Waals surface area contributed by atoms with Crippen molar-refractivity contribution in [3.63, 3.8) is 0 Å². The van der Waals surface area contributed by atoms with Crippen LogP contribution in [-0.2, 0) is 17.6 Å². The molecule has 4 rings (SSSR count). The van der Waals surface area contributed by atoms with Crippen LogP contribution in [0.2, 0.25) is 0 Å². The molecule has 0 radical (unpaired) electrons. The molecule has 1 N–H and O–H groups in total. The fourth-order valence-corrected chi connectivity index (χ4v) is 4.93. The number of hydrogen-bond acceptors (Lipinski definition) is 2. The number of benzene rings is 1. The lowest BCUT2D eigenvalue weighted by Gasteiger charge is -2.47. The Morgan fingerprint density at radius 3 is 2.64 bits per heavy atom. The SMILES string of the molecule is CC1CCC(C#Cc2ccc3c(c2)CC2(C3)CN(CC(=O)O)C2)CC1. The maximum atomic E-state index is 10.8. The van der Waals surface area contributed by atoms with Gasteiger partial charge in [-0.25, -0.2) is 0 Å². The number of carbonyl (C=O) groups is 1. The van der Waals surface area contributed by atoms with E-state index in [-0.39, 0.29) is 12.0 Å². The number of aliphatic carboxylic acids is 1. The van der Waals surface area contributed by atoms with E-state index in [4.69, 9.17) is 5.11 Å². The lowest BCUT2D eigenvalue weighted by molar-refractivity contribution is -0.141. The number of likely N-dealkylation sites (tertiary alicyclic amines) is 1. The first-order valence-corrected chi connectivity index (χ1v) is 9.59. The van der Waals surface area contributed by atoms with Crippen molar-refractivity contribution in [1.82, 2.24) is 4.90 Å². The van der Waals surface area contributed by atoms with Crippen molar-refractivity contribution in [2.75, 3.05) is 19.6 Å². The van der Waals surface area contributed by atoms with Crippen molar-refractivity contribution >= 4 is 5.97 Å². The molecule has 0 aromatic heterocycles. The smallest absolute Gasteiger partial charge is 0.317 e. The zero-order chi connectivity index (χ0) is 17.4. The largest absolute Gasteiger partial charge is 0.480 e. The molecule has 0 atom stereocenters. The Hall–Kier alpha value is -1.79. The topological polar surface area (TPSA) is 40.5 Å². The predicted molar refractivity (Wildman–Crippen MR) is 98.4 cm³/mol. The average Bonchev–Trinajstić information content (AvgIpc) is 2.92. The summed E-state index contributed by atoms with van der Waals surface area (Å²) in [5, 5.41) is 8.91. The van der Waals surface area contributed by atoms with Crippen LogP contribution >= 0.6 is 0 Å². The number of fused-ring (bicyclic) bond motifs is 1. The van der Waals surface area contributed by atoms with Gasteiger partial charge >= 0.3 is 5.97 Å². The van der Waals surface area contributed by atoms with E-state index in [1.807, 2.05) is 4.90 Å². The van der Waals surface area contributed by atoms with E-state index in [2.05, 4.69) is 37.0 Å². The summed E-state index contributed by atoms with van der Waals surface area (Å²) in [6, 6.07) is 6.70. The van der Waals surface area contributed by atoms with E-state index >= 15 is 0 Å². The number of rotatable bonds is 2. The number of carboxylic acid groups (broad SMARTS) is 1. The van der Waals surface area contributed by atoms with Crippen molar-refractivity contribution in [3.05, 3.63) is 34.9 Å². The van der Waals surface area contributed by atoms with Crippen LogP contribution in [0.25, 0.3) is 0 Å². The van der Waals surface area contributed by atoms with Gasteiger partial charge in [-0.1, -0.05) is 24.8 Å². The number of carboxylic acids is 1. The van der Waals surface area contributed by atoms with Gasteiger partial charge in [0.15, 0.2) is 0 Å². The molecule has 1 aromatic rings. The molecule has 25 heavy (non-hydrogen) atoms. The first kappa shape index (κ1) is 16.7. The zero-order valence-corrected chi connectivity index (χ0v) is 15.1. The second kappa shape index (κ2) is 6.50. The highest BCUT2D eigenvalue weighted by atomic mass is 16.4. The van der Waals surface area contributed by atoms with Gasteiger partial charge < -0.3 is 5.11 Å². The highest BCUT2D eigenvalue weighted by Gasteiger charge is 2.47. The Balaban J connectivity index is 1.39. The van der Waals surface area contributed by atoms with Gasteiger partial charge in [-0.15, -0.1) is 0 Å². The second-order valence-electron chi connectivity index (χ2n) is 8.60. The summed E-state index contributed by atoms with van der Waals surface area (Å²) in [4.78, 5) is 12.9. The monoisotopic (exact) mass is 337 g/mol. The molecule has 132 valence electrons. The summed E-state index contributed by atoms with van der Waals surface area (Å²) >= 11 is 0. The van der Waals surface area contributed by atoms with Crippen LogP contribution in [0.4, 0.5) is 0 Å². The van der Waals surface area contributed by atoms with Gasteiger partial charge in [0.2, 0.25) is 0 Å². The molecule has 1 aliphatic heterocycles. The molecule has 3 nitrogen and oxygen atoms in total. The van der Waals surface area contributed by atoms with Crippen molar-refractivity contribution in [1.29, 1.82) is 0 Å². The summed E-state index contributed by atoms with van der Waals surface area (Å²) in [5.41, 5.74) is 4.30. The molecule has 2 fully saturated rings. The quantitative estimate of drug-likeness (QED) is 0.842. The van der Waals surface area contributed by atoms with E-state index in [9.17, 15) is 4.79 Å². The van der Waals surface area contributed by atoms with Gasteiger partial charge in [-0.3, -0.25) is 9.69 Å². The third-order valence-corrected chi connectivity index (χ3v) is 6.25. The fourth-order valence-electron chi connectivity index (χ4n) is 4.93. The maximum absolute atomic E-state index is 10.8. The van der Waals surface area contributed by atoms with Gasteiger partial charge in [-0.2, -0.15) is 0 Å². The lowest BCUT2D eigenvalue weighted by atomic mass is 9.77. The fraction of sp³-hybridized carbons (Fsp3) is 0.591. The molecule has 1 saturated heterocycles. The van der Waals surface area contributed by atoms with E-state index in [0.717, 1.165) is 37.4 Å². The van der Waals surface area contributed by atoms with E-state index in [0.29, 0.717) is 5.92 Å². The van der Waals surface area contributed by atoms with Crippen molar-refractivity contribution < 1.29 is 9.90 Å². The van der Waals surface area contributed by atoms with E-state index in [1.54, 1.807) is 0 Å². The van der Waals surface area contributed by atoms with Crippen molar-refractivity contribution in [2.24, 2.45) is 17.3 Å². The normalized spacial score (nSPS) is 27.2. The van der Waals surface area contributed by atoms with Crippen LogP contribution < -0.4 is 0 Å². The third kappa shape index (κ3) is 3.60. The molecule has 1 saturated carbocycles. The van der Waals surface area contributed by atoms with Gasteiger partial charge in [-0.05, 0) is 67.7 Å². The standard InChI is InChI=1S/C22H27NO2/c1-16-2-4-17(5-3-16)6-7-18-8-9-19-11-22(12-20(19)10-18)14-23(15-22)13-21(24)25/h8-10,16-17H,2-5,11-15H2,1H3,(H,24,25). The first-order valence-electron chi connectivity index (χ1n) is 9.59. The Bertz CT molecular complexity index is 728. The Labute approximate surface area is 150 Å². The predicted octanol–water partition coefficient (Wildman–Crippen LogP) is 3.35. The minimum atomic E-state index is -0.722. The molecule has 0 amide bonds. The Kier molecular flexibility index (Phi) is 4.33. The molecule has 3 aliphatic rings. The van der Waals surface area contributed by atoms with Crippen LogP contribution in [-0.4, -0.2) is 35.6 Å². The third-order valence-electron chi connectivity index (χ3n) is 6.25. The maximum Gasteiger partial charge on any atom is 0.317 e. The van der Waals surface area contributed by atoms with Gasteiger partial charge in [0.05, 0.1) is 6.54 Å². The van der Waals surface area contributed by atoms with Crippen LogP contribution in [0.5, 0.6) is 0 Å². The van der Waals surface area contributed by atoms with E-state index < -0.39 is 5.97 Å². The van der Waals surface area contributed by atoms with E-state index in [1.165, 1.54) is 36.8 Å². The molecule has 0 bridgehead atoms. The van der Waals surface area contributed by atoms with Gasteiger partial charge in [0, 0.05) is 30.0 Å². The molecular weight excluding hydrogens is 310 g/mol. The molecule has 2 aliphatic carbocycles. The zero-order valence-electron chi connectivity index (χ0n) is 15.1. The molecule has 1 spiro atoms. The lowest BCUT2D eigenvalue weighted by Crippen LogP contribution is -2.58. The van der Waals surface area contributed by atoms with Crippen LogP contribution in [0.15, 0.2) is 18.2 Å². The molecule has 3 heteroatoms. The molecular formula is C22H27NO2. The highest BCUT2D eigenvalue weighted by Crippen LogP contribution is 2.44. The highest BCUT2D eigenvalue weighted by molar-refractivity contribution is 5.69. The first-order chi connectivity index (χ1) is 12.0. The Morgan fingerprint density at radius 2 is 1.92 bits per heavy atom. The molecule has 1 aromatic carbocycles. The van der Waals surface area contributed by atoms with Crippen LogP contribution in [0.3, 0.4) is 0 Å². The number of hydrogen-bond donors (Lipinski definition) is 1. The van der Waals surface area contributed by atoms with Crippen LogP contribution in [0, 0.1) is 29.1 Å². The summed E-state index contributed by atoms with van der Waals surface area (Å²) in [6.45, 7) is 4.34.